The van der Waals surface area contributed by atoms with E-state index in [-0.39, 0.29) is 0 Å². The molecule has 0 bridgehead atoms. The van der Waals surface area contributed by atoms with Gasteiger partial charge < -0.3 is 5.32 Å². The maximum absolute atomic E-state index is 5.87. The number of nitrogens with zero attached hydrogens (tertiary/aromatic N) is 2. The predicted octanol–water partition coefficient (Wildman–Crippen LogP) is 3.49. The summed E-state index contributed by atoms with van der Waals surface area (Å²) in [5, 5.41) is 8.73. The van der Waals surface area contributed by atoms with Crippen LogP contribution in [0.15, 0.2) is 30.5 Å². The van der Waals surface area contributed by atoms with Crippen molar-refractivity contribution in [3.8, 4) is 0 Å². The summed E-state index contributed by atoms with van der Waals surface area (Å²) in [4.78, 5) is 0. The SMILES string of the molecule is CC(C)c1nn(C)cc1CNCc1ccc(Cl)cc1. The van der Waals surface area contributed by atoms with Crippen LogP contribution in [0, 0.1) is 0 Å². The van der Waals surface area contributed by atoms with Crippen molar-refractivity contribution in [2.75, 3.05) is 0 Å². The van der Waals surface area contributed by atoms with Gasteiger partial charge >= 0.3 is 0 Å². The molecule has 0 fully saturated rings. The molecule has 19 heavy (non-hydrogen) atoms. The quantitative estimate of drug-likeness (QED) is 0.907. The Kier molecular flexibility index (Phi) is 4.61. The van der Waals surface area contributed by atoms with Crippen molar-refractivity contribution < 1.29 is 0 Å². The third kappa shape index (κ3) is 3.82. The number of aromatic nitrogens is 2. The van der Waals surface area contributed by atoms with Gasteiger partial charge in [0.1, 0.15) is 0 Å². The molecule has 3 nitrogen and oxygen atoms in total. The molecule has 0 saturated carbocycles. The number of benzene rings is 1. The Hall–Kier alpha value is -1.32. The first kappa shape index (κ1) is 14.1. The Balaban J connectivity index is 1.94. The molecular formula is C15H20ClN3. The molecule has 2 rings (SSSR count). The van der Waals surface area contributed by atoms with Gasteiger partial charge in [-0.15, -0.1) is 0 Å². The van der Waals surface area contributed by atoms with Crippen LogP contribution >= 0.6 is 11.6 Å². The smallest absolute Gasteiger partial charge is 0.0694 e. The fourth-order valence-electron chi connectivity index (χ4n) is 2.12. The van der Waals surface area contributed by atoms with E-state index in [0.29, 0.717) is 5.92 Å². The minimum atomic E-state index is 0.452. The zero-order valence-corrected chi connectivity index (χ0v) is 12.4. The number of hydrogen-bond donors (Lipinski definition) is 1. The fraction of sp³-hybridized carbons (Fsp3) is 0.400. The summed E-state index contributed by atoms with van der Waals surface area (Å²) in [6.07, 6.45) is 2.09. The summed E-state index contributed by atoms with van der Waals surface area (Å²) in [6.45, 7) is 6.02. The third-order valence-electron chi connectivity index (χ3n) is 3.04. The molecule has 2 aromatic rings. The van der Waals surface area contributed by atoms with Crippen molar-refractivity contribution in [1.82, 2.24) is 15.1 Å². The van der Waals surface area contributed by atoms with Gasteiger partial charge in [-0.1, -0.05) is 37.6 Å². The highest BCUT2D eigenvalue weighted by Gasteiger charge is 2.10. The molecule has 0 spiro atoms. The number of rotatable bonds is 5. The van der Waals surface area contributed by atoms with Crippen LogP contribution in [0.2, 0.25) is 5.02 Å². The van der Waals surface area contributed by atoms with E-state index in [1.54, 1.807) is 0 Å². The lowest BCUT2D eigenvalue weighted by atomic mass is 10.1. The van der Waals surface area contributed by atoms with Crippen LogP contribution in [0.5, 0.6) is 0 Å². The molecule has 1 heterocycles. The van der Waals surface area contributed by atoms with Gasteiger partial charge in [-0.05, 0) is 23.6 Å². The van der Waals surface area contributed by atoms with Crippen LogP contribution in [-0.2, 0) is 20.1 Å². The van der Waals surface area contributed by atoms with E-state index >= 15 is 0 Å². The van der Waals surface area contributed by atoms with Crippen LogP contribution in [0.3, 0.4) is 0 Å². The molecule has 0 aliphatic rings. The van der Waals surface area contributed by atoms with Crippen LogP contribution in [0.1, 0.15) is 36.6 Å². The number of halogens is 1. The topological polar surface area (TPSA) is 29.9 Å². The lowest BCUT2D eigenvalue weighted by Gasteiger charge is -2.07. The van der Waals surface area contributed by atoms with Crippen molar-refractivity contribution in [2.45, 2.75) is 32.9 Å². The second kappa shape index (κ2) is 6.22. The summed E-state index contributed by atoms with van der Waals surface area (Å²) in [7, 11) is 1.97. The Morgan fingerprint density at radius 3 is 2.53 bits per heavy atom. The predicted molar refractivity (Wildman–Crippen MR) is 79.3 cm³/mol. The zero-order chi connectivity index (χ0) is 13.8. The highest BCUT2D eigenvalue weighted by atomic mass is 35.5. The van der Waals surface area contributed by atoms with Crippen LogP contribution < -0.4 is 5.32 Å². The van der Waals surface area contributed by atoms with E-state index in [2.05, 4.69) is 30.5 Å². The van der Waals surface area contributed by atoms with Crippen molar-refractivity contribution >= 4 is 11.6 Å². The average molecular weight is 278 g/mol. The molecule has 0 aliphatic heterocycles. The third-order valence-corrected chi connectivity index (χ3v) is 3.29. The molecule has 1 N–H and O–H groups in total. The second-order valence-electron chi connectivity index (χ2n) is 5.10. The summed E-state index contributed by atoms with van der Waals surface area (Å²) >= 11 is 5.87. The summed E-state index contributed by atoms with van der Waals surface area (Å²) in [6, 6.07) is 7.92. The normalized spacial score (nSPS) is 11.2. The summed E-state index contributed by atoms with van der Waals surface area (Å²) in [5.41, 5.74) is 3.68. The molecule has 0 saturated heterocycles. The first-order valence-electron chi connectivity index (χ1n) is 6.54. The standard InChI is InChI=1S/C15H20ClN3/c1-11(2)15-13(10-19(3)18-15)9-17-8-12-4-6-14(16)7-5-12/h4-7,10-11,17H,8-9H2,1-3H3. The Labute approximate surface area is 119 Å². The van der Waals surface area contributed by atoms with Crippen molar-refractivity contribution in [3.63, 3.8) is 0 Å². The van der Waals surface area contributed by atoms with E-state index < -0.39 is 0 Å². The van der Waals surface area contributed by atoms with Crippen LogP contribution in [0.25, 0.3) is 0 Å². The highest BCUT2D eigenvalue weighted by molar-refractivity contribution is 6.30. The molecule has 0 aliphatic carbocycles. The Morgan fingerprint density at radius 1 is 1.21 bits per heavy atom. The number of aryl methyl sites for hydroxylation is 1. The van der Waals surface area contributed by atoms with Gasteiger partial charge in [0, 0.05) is 36.9 Å². The fourth-order valence-corrected chi connectivity index (χ4v) is 2.25. The summed E-state index contributed by atoms with van der Waals surface area (Å²) in [5.74, 6) is 0.452. The highest BCUT2D eigenvalue weighted by Crippen LogP contribution is 2.17. The maximum atomic E-state index is 5.87. The molecule has 0 unspecified atom stereocenters. The lowest BCUT2D eigenvalue weighted by Crippen LogP contribution is -2.13. The average Bonchev–Trinajstić information content (AvgIpc) is 2.73. The van der Waals surface area contributed by atoms with Crippen LogP contribution in [0.4, 0.5) is 0 Å². The number of nitrogens with one attached hydrogen (secondary N) is 1. The van der Waals surface area contributed by atoms with Gasteiger partial charge in [-0.3, -0.25) is 4.68 Å². The summed E-state index contributed by atoms with van der Waals surface area (Å²) < 4.78 is 1.88. The molecule has 1 aromatic heterocycles. The molecular weight excluding hydrogens is 258 g/mol. The van der Waals surface area contributed by atoms with E-state index in [0.717, 1.165) is 18.1 Å². The maximum Gasteiger partial charge on any atom is 0.0694 e. The van der Waals surface area contributed by atoms with Crippen molar-refractivity contribution in [2.24, 2.45) is 7.05 Å². The zero-order valence-electron chi connectivity index (χ0n) is 11.7. The van der Waals surface area contributed by atoms with E-state index in [4.69, 9.17) is 11.6 Å². The van der Waals surface area contributed by atoms with Gasteiger partial charge in [0.25, 0.3) is 0 Å². The first-order chi connectivity index (χ1) is 9.06. The van der Waals surface area contributed by atoms with Gasteiger partial charge in [0.05, 0.1) is 5.69 Å². The molecule has 4 heteroatoms. The largest absolute Gasteiger partial charge is 0.308 e. The van der Waals surface area contributed by atoms with Crippen LogP contribution in [-0.4, -0.2) is 9.78 Å². The molecule has 102 valence electrons. The second-order valence-corrected chi connectivity index (χ2v) is 5.53. The minimum absolute atomic E-state index is 0.452. The van der Waals surface area contributed by atoms with E-state index in [1.165, 1.54) is 16.8 Å². The van der Waals surface area contributed by atoms with Crippen molar-refractivity contribution in [3.05, 3.63) is 52.3 Å². The molecule has 0 amide bonds. The van der Waals surface area contributed by atoms with Gasteiger partial charge in [0.2, 0.25) is 0 Å². The first-order valence-corrected chi connectivity index (χ1v) is 6.91. The van der Waals surface area contributed by atoms with E-state index in [9.17, 15) is 0 Å². The van der Waals surface area contributed by atoms with E-state index in [1.807, 2.05) is 36.0 Å². The minimum Gasteiger partial charge on any atom is -0.308 e. The van der Waals surface area contributed by atoms with Crippen molar-refractivity contribution in [1.29, 1.82) is 0 Å². The van der Waals surface area contributed by atoms with Gasteiger partial charge in [-0.25, -0.2) is 0 Å². The Bertz CT molecular complexity index is 529. The molecule has 0 atom stereocenters. The molecule has 0 radical (unpaired) electrons. The van der Waals surface area contributed by atoms with Gasteiger partial charge in [-0.2, -0.15) is 5.10 Å². The molecule has 1 aromatic carbocycles. The van der Waals surface area contributed by atoms with Gasteiger partial charge in [0.15, 0.2) is 0 Å². The monoisotopic (exact) mass is 277 g/mol. The lowest BCUT2D eigenvalue weighted by molar-refractivity contribution is 0.678. The number of hydrogen-bond acceptors (Lipinski definition) is 2. The Morgan fingerprint density at radius 2 is 1.89 bits per heavy atom.